The molecule has 0 heterocycles. The number of esters is 1. The Labute approximate surface area is 272 Å². The summed E-state index contributed by atoms with van der Waals surface area (Å²) in [6, 6.07) is 0. The van der Waals surface area contributed by atoms with Crippen LogP contribution in [0.2, 0.25) is 0 Å². The summed E-state index contributed by atoms with van der Waals surface area (Å²) in [6.07, 6.45) is 10.2. The third kappa shape index (κ3) is 32.6. The number of rotatable bonds is 13. The zero-order valence-corrected chi connectivity index (χ0v) is 26.4. The van der Waals surface area contributed by atoms with Crippen molar-refractivity contribution in [1.82, 2.24) is 0 Å². The van der Waals surface area contributed by atoms with Crippen molar-refractivity contribution in [2.45, 2.75) is 70.6 Å². The molecule has 1 N–H and O–H groups in total. The van der Waals surface area contributed by atoms with Crippen molar-refractivity contribution in [3.05, 3.63) is 12.3 Å². The van der Waals surface area contributed by atoms with Crippen molar-refractivity contribution >= 4 is 46.7 Å². The van der Waals surface area contributed by atoms with E-state index in [0.717, 1.165) is 37.5 Å². The number of carbonyl (C=O) groups is 4. The van der Waals surface area contributed by atoms with Gasteiger partial charge in [0.2, 0.25) is 0 Å². The molecule has 13 heteroatoms. The van der Waals surface area contributed by atoms with Gasteiger partial charge in [-0.15, -0.1) is 0 Å². The molecule has 2 aliphatic rings. The molecule has 0 aromatic heterocycles. The Bertz CT molecular complexity index is 587. The van der Waals surface area contributed by atoms with Gasteiger partial charge < -0.3 is 49.4 Å². The average Bonchev–Trinajstić information content (AvgIpc) is 3.58. The minimum absolute atomic E-state index is 0. The summed E-state index contributed by atoms with van der Waals surface area (Å²) in [5.74, 6) is -1.34. The molecule has 188 valence electrons. The Morgan fingerprint density at radius 2 is 1.38 bits per heavy atom. The second-order valence-corrected chi connectivity index (χ2v) is 7.32. The number of halogens is 2. The van der Waals surface area contributed by atoms with E-state index in [4.69, 9.17) is 5.11 Å². The van der Waals surface area contributed by atoms with E-state index in [2.05, 4.69) is 21.1 Å². The summed E-state index contributed by atoms with van der Waals surface area (Å²) in [4.78, 5) is 49.4. The first-order chi connectivity index (χ1) is 14.2. The number of Topliss-reactive ketones (excluding diaryl/α,β-unsaturated/α-hetero) is 1. The van der Waals surface area contributed by atoms with Crippen LogP contribution in [0.25, 0.3) is 0 Å². The van der Waals surface area contributed by atoms with Crippen molar-refractivity contribution in [3.8, 4) is 0 Å². The van der Waals surface area contributed by atoms with E-state index in [0.29, 0.717) is 12.8 Å². The molecule has 34 heavy (non-hydrogen) atoms. The van der Waals surface area contributed by atoms with Crippen molar-refractivity contribution in [3.63, 3.8) is 0 Å². The Balaban J connectivity index is -0.000000121. The number of hydrogen-bond donors (Lipinski definition) is 1. The number of carbonyl (C=O) groups excluding carboxylic acids is 3. The maximum atomic E-state index is 11.1. The molecule has 2 rings (SSSR count). The molecule has 0 aromatic rings. The molecule has 0 amide bonds. The van der Waals surface area contributed by atoms with Gasteiger partial charge in [0.05, 0.1) is 14.2 Å². The number of ketones is 1. The predicted octanol–water partition coefficient (Wildman–Crippen LogP) is -7.19. The first-order valence-corrected chi connectivity index (χ1v) is 10.1. The summed E-state index contributed by atoms with van der Waals surface area (Å²) >= 11 is 0. The normalized spacial score (nSPS) is 12.5. The largest absolute Gasteiger partial charge is 2.00 e. The number of aliphatic carboxylic acids is 2. The fourth-order valence-corrected chi connectivity index (χ4v) is 2.40. The van der Waals surface area contributed by atoms with Gasteiger partial charge >= 0.3 is 86.4 Å². The first kappa shape index (κ1) is 44.5. The Kier molecular flexibility index (Phi) is 36.9. The second kappa shape index (κ2) is 28.1. The molecule has 2 aliphatic carbocycles. The second-order valence-electron chi connectivity index (χ2n) is 7.32. The number of carboxylic acid groups (broad SMARTS) is 2. The van der Waals surface area contributed by atoms with E-state index in [9.17, 15) is 24.3 Å². The molecule has 0 saturated heterocycles. The van der Waals surface area contributed by atoms with Gasteiger partial charge in [-0.3, -0.25) is 14.4 Å². The molecular formula is C21H33Cl2KMgO9. The van der Waals surface area contributed by atoms with Crippen molar-refractivity contribution in [1.29, 1.82) is 0 Å². The van der Waals surface area contributed by atoms with Gasteiger partial charge in [0.25, 0.3) is 0 Å². The summed E-state index contributed by atoms with van der Waals surface area (Å²) in [5.41, 5.74) is 0. The van der Waals surface area contributed by atoms with E-state index in [1.54, 1.807) is 0 Å². The van der Waals surface area contributed by atoms with Gasteiger partial charge in [-0.25, -0.2) is 0 Å². The minimum atomic E-state index is -1.48. The van der Waals surface area contributed by atoms with Crippen LogP contribution in [-0.2, 0) is 33.7 Å². The molecular weight excluding hydrogens is 531 g/mol. The molecule has 0 aromatic carbocycles. The maximum Gasteiger partial charge on any atom is 2.00 e. The Morgan fingerprint density at radius 1 is 0.941 bits per heavy atom. The van der Waals surface area contributed by atoms with Crippen LogP contribution in [0.5, 0.6) is 0 Å². The monoisotopic (exact) mass is 562 g/mol. The molecule has 0 atom stereocenters. The molecule has 2 saturated carbocycles. The summed E-state index contributed by atoms with van der Waals surface area (Å²) in [7, 11) is 2.48. The molecule has 9 nitrogen and oxygen atoms in total. The van der Waals surface area contributed by atoms with Crippen molar-refractivity contribution < 1.29 is 120 Å². The van der Waals surface area contributed by atoms with Crippen molar-refractivity contribution in [2.24, 2.45) is 11.8 Å². The standard InChI is InChI=1S/C10H16O3.C7H12O2.C4H6O4.2ClH.K.Mg/c1-13-10(12)7-9(11)4-2-3-8-5-6-8;8-7(9)3-1-2-6-4-5-6;1-3(4(5)6)8-7-2;;;;/h8H,2-7H2,1H3;6H,1-5H2,(H,8,9);1H2,2H3,(H,5,6);2*1H;;/q;;;;;+1;+2/p-3. The van der Waals surface area contributed by atoms with Crippen LogP contribution in [0.3, 0.4) is 0 Å². The van der Waals surface area contributed by atoms with Crippen LogP contribution >= 0.6 is 0 Å². The van der Waals surface area contributed by atoms with Gasteiger partial charge in [0, 0.05) is 12.8 Å². The van der Waals surface area contributed by atoms with Gasteiger partial charge in [-0.2, -0.15) is 4.89 Å². The topological polar surface area (TPSA) is 139 Å². The predicted molar refractivity (Wildman–Crippen MR) is 110 cm³/mol. The average molecular weight is 564 g/mol. The fraction of sp³-hybridized carbons (Fsp3) is 0.714. The number of hydrogen-bond acceptors (Lipinski definition) is 8. The number of ether oxygens (including phenoxy) is 1. The first-order valence-electron chi connectivity index (χ1n) is 10.1. The zero-order valence-electron chi connectivity index (χ0n) is 20.3. The van der Waals surface area contributed by atoms with E-state index in [1.165, 1.54) is 39.9 Å². The quantitative estimate of drug-likeness (QED) is 0.0440. The van der Waals surface area contributed by atoms with Crippen LogP contribution in [-0.4, -0.2) is 66.1 Å². The molecule has 0 radical (unpaired) electrons. The van der Waals surface area contributed by atoms with E-state index < -0.39 is 23.7 Å². The molecule has 0 aliphatic heterocycles. The Hall–Kier alpha value is 0.563. The summed E-state index contributed by atoms with van der Waals surface area (Å²) in [6.45, 7) is 2.93. The van der Waals surface area contributed by atoms with Crippen LogP contribution < -0.4 is 81.3 Å². The SMILES string of the molecule is C=C(OOC)C(=O)[O-].COC(=O)CC(=O)CCCC1CC1.O=C(O)CCCC1CC1.[Cl-].[Cl-].[K+].[Mg+2]. The number of methoxy groups -OCH3 is 1. The van der Waals surface area contributed by atoms with E-state index >= 15 is 0 Å². The zero-order chi connectivity index (χ0) is 22.9. The fourth-order valence-electron chi connectivity index (χ4n) is 2.40. The van der Waals surface area contributed by atoms with E-state index in [-0.39, 0.29) is 111 Å². The number of carboxylic acids is 2. The Morgan fingerprint density at radius 3 is 1.68 bits per heavy atom. The summed E-state index contributed by atoms with van der Waals surface area (Å²) in [5, 5.41) is 17.9. The van der Waals surface area contributed by atoms with Gasteiger partial charge in [0.1, 0.15) is 18.2 Å². The third-order valence-electron chi connectivity index (χ3n) is 4.45. The molecule has 0 bridgehead atoms. The molecule has 0 unspecified atom stereocenters. The van der Waals surface area contributed by atoms with Gasteiger partial charge in [0.15, 0.2) is 5.76 Å². The van der Waals surface area contributed by atoms with Crippen LogP contribution in [0.15, 0.2) is 12.3 Å². The summed E-state index contributed by atoms with van der Waals surface area (Å²) < 4.78 is 4.40. The van der Waals surface area contributed by atoms with Crippen molar-refractivity contribution in [2.75, 3.05) is 14.2 Å². The van der Waals surface area contributed by atoms with Crippen LogP contribution in [0.1, 0.15) is 70.6 Å². The molecule has 0 spiro atoms. The van der Waals surface area contributed by atoms with Gasteiger partial charge in [-0.05, 0) is 31.1 Å². The smallest absolute Gasteiger partial charge is 1.00 e. The molecule has 2 fully saturated rings. The van der Waals surface area contributed by atoms with Crippen LogP contribution in [0, 0.1) is 11.8 Å². The van der Waals surface area contributed by atoms with E-state index in [1.807, 2.05) is 0 Å². The maximum absolute atomic E-state index is 11.1. The third-order valence-corrected chi connectivity index (χ3v) is 4.45. The minimum Gasteiger partial charge on any atom is -1.00 e. The van der Waals surface area contributed by atoms with Crippen LogP contribution in [0.4, 0.5) is 0 Å². The van der Waals surface area contributed by atoms with Gasteiger partial charge in [-0.1, -0.05) is 38.7 Å².